The van der Waals surface area contributed by atoms with Crippen LogP contribution in [0, 0.1) is 0 Å². The van der Waals surface area contributed by atoms with Crippen LogP contribution in [0.25, 0.3) is 0 Å². The van der Waals surface area contributed by atoms with E-state index >= 15 is 0 Å². The lowest BCUT2D eigenvalue weighted by Gasteiger charge is -2.22. The number of ketones is 1. The number of nitrogens with one attached hydrogen (secondary N) is 2. The molecule has 0 aliphatic rings. The highest BCUT2D eigenvalue weighted by molar-refractivity contribution is 6.03. The Morgan fingerprint density at radius 1 is 0.897 bits per heavy atom. The predicted octanol–water partition coefficient (Wildman–Crippen LogP) is 4.97. The molecule has 2 N–H and O–H groups in total. The Morgan fingerprint density at radius 3 is 2.31 bits per heavy atom. The fourth-order valence-electron chi connectivity index (χ4n) is 2.92. The number of hydrogen-bond donors (Lipinski definition) is 2. The van der Waals surface area contributed by atoms with Crippen LogP contribution in [0.3, 0.4) is 0 Å². The second-order valence-electron chi connectivity index (χ2n) is 7.82. The zero-order valence-electron chi connectivity index (χ0n) is 17.0. The van der Waals surface area contributed by atoms with Gasteiger partial charge in [0.2, 0.25) is 0 Å². The molecule has 0 bridgehead atoms. The number of Topliss-reactive ketones (excluding diaryl/α,β-unsaturated/α-hetero) is 1. The van der Waals surface area contributed by atoms with Crippen LogP contribution >= 0.6 is 0 Å². The van der Waals surface area contributed by atoms with Crippen molar-refractivity contribution in [2.45, 2.75) is 33.1 Å². The van der Waals surface area contributed by atoms with E-state index in [2.05, 4.69) is 41.6 Å². The van der Waals surface area contributed by atoms with Gasteiger partial charge in [0.1, 0.15) is 0 Å². The Bertz CT molecular complexity index is 1040. The first-order valence-electron chi connectivity index (χ1n) is 9.36. The molecule has 6 heteroatoms. The first-order valence-corrected chi connectivity index (χ1v) is 9.36. The summed E-state index contributed by atoms with van der Waals surface area (Å²) in [7, 11) is 0. The summed E-state index contributed by atoms with van der Waals surface area (Å²) in [6.07, 6.45) is 0. The highest BCUT2D eigenvalue weighted by Gasteiger charge is 2.19. The van der Waals surface area contributed by atoms with Crippen LogP contribution in [-0.2, 0) is 5.41 Å². The molecule has 0 saturated carbocycles. The first kappa shape index (κ1) is 20.2. The van der Waals surface area contributed by atoms with Crippen LogP contribution in [0.1, 0.15) is 54.1 Å². The van der Waals surface area contributed by atoms with Crippen molar-refractivity contribution in [3.8, 4) is 0 Å². The molecular weight excluding hydrogens is 364 g/mol. The molecule has 0 unspecified atom stereocenters. The van der Waals surface area contributed by atoms with E-state index in [0.717, 1.165) is 16.9 Å². The number of carbonyl (C=O) groups is 2. The molecule has 6 nitrogen and oxygen atoms in total. The van der Waals surface area contributed by atoms with Gasteiger partial charge in [0.15, 0.2) is 17.3 Å². The van der Waals surface area contributed by atoms with Gasteiger partial charge in [-0.05, 0) is 48.2 Å². The summed E-state index contributed by atoms with van der Waals surface area (Å²) < 4.78 is 0. The minimum absolute atomic E-state index is 0.0118. The molecule has 1 aromatic heterocycles. The number of benzene rings is 2. The van der Waals surface area contributed by atoms with Gasteiger partial charge in [0, 0.05) is 16.9 Å². The van der Waals surface area contributed by atoms with Gasteiger partial charge in [-0.15, -0.1) is 10.2 Å². The van der Waals surface area contributed by atoms with E-state index < -0.39 is 0 Å². The zero-order valence-corrected chi connectivity index (χ0v) is 17.0. The average molecular weight is 388 g/mol. The number of carbonyl (C=O) groups excluding carboxylic acids is 2. The molecule has 1 heterocycles. The molecular formula is C23H24N4O2. The number of rotatable bonds is 5. The third kappa shape index (κ3) is 5.04. The zero-order chi connectivity index (χ0) is 21.0. The summed E-state index contributed by atoms with van der Waals surface area (Å²) in [5.74, 6) is 0.152. The van der Waals surface area contributed by atoms with Crippen LogP contribution < -0.4 is 10.6 Å². The van der Waals surface area contributed by atoms with Crippen molar-refractivity contribution in [1.82, 2.24) is 10.2 Å². The average Bonchev–Trinajstić information content (AvgIpc) is 2.68. The molecule has 0 radical (unpaired) electrons. The van der Waals surface area contributed by atoms with Crippen molar-refractivity contribution in [2.24, 2.45) is 0 Å². The molecule has 0 aliphatic carbocycles. The second kappa shape index (κ2) is 8.22. The fourth-order valence-corrected chi connectivity index (χ4v) is 2.92. The third-order valence-electron chi connectivity index (χ3n) is 4.42. The van der Waals surface area contributed by atoms with Crippen LogP contribution in [-0.4, -0.2) is 21.9 Å². The van der Waals surface area contributed by atoms with Crippen molar-refractivity contribution >= 4 is 28.9 Å². The number of amides is 1. The molecule has 0 fully saturated rings. The van der Waals surface area contributed by atoms with Gasteiger partial charge < -0.3 is 10.6 Å². The molecule has 1 amide bonds. The Morgan fingerprint density at radius 2 is 1.66 bits per heavy atom. The minimum Gasteiger partial charge on any atom is -0.339 e. The van der Waals surface area contributed by atoms with Gasteiger partial charge in [0.05, 0.1) is 0 Å². The Balaban J connectivity index is 1.73. The number of para-hydroxylation sites is 1. The van der Waals surface area contributed by atoms with Crippen molar-refractivity contribution in [1.29, 1.82) is 0 Å². The van der Waals surface area contributed by atoms with Gasteiger partial charge >= 0.3 is 0 Å². The van der Waals surface area contributed by atoms with E-state index in [1.165, 1.54) is 6.92 Å². The molecule has 3 aromatic rings. The van der Waals surface area contributed by atoms with Crippen LogP contribution in [0.15, 0.2) is 60.7 Å². The normalized spacial score (nSPS) is 11.0. The third-order valence-corrected chi connectivity index (χ3v) is 4.42. The SMILES string of the molecule is CC(=O)c1cccc(Nc2ccc(C(=O)Nc3ccccc3C(C)(C)C)nn2)c1. The highest BCUT2D eigenvalue weighted by Crippen LogP contribution is 2.29. The molecule has 148 valence electrons. The van der Waals surface area contributed by atoms with Crippen LogP contribution in [0.2, 0.25) is 0 Å². The number of nitrogens with zero attached hydrogens (tertiary/aromatic N) is 2. The quantitative estimate of drug-likeness (QED) is 0.603. The maximum absolute atomic E-state index is 12.6. The van der Waals surface area contributed by atoms with Crippen molar-refractivity contribution < 1.29 is 9.59 Å². The number of hydrogen-bond acceptors (Lipinski definition) is 5. The lowest BCUT2D eigenvalue weighted by Crippen LogP contribution is -2.19. The fraction of sp³-hybridized carbons (Fsp3) is 0.217. The van der Waals surface area contributed by atoms with Gasteiger partial charge in [-0.3, -0.25) is 9.59 Å². The van der Waals surface area contributed by atoms with E-state index in [-0.39, 0.29) is 22.8 Å². The molecule has 0 aliphatic heterocycles. The van der Waals surface area contributed by atoms with Crippen LogP contribution in [0.4, 0.5) is 17.2 Å². The van der Waals surface area contributed by atoms with Crippen LogP contribution in [0.5, 0.6) is 0 Å². The van der Waals surface area contributed by atoms with E-state index in [9.17, 15) is 9.59 Å². The lowest BCUT2D eigenvalue weighted by molar-refractivity contribution is 0.101. The monoisotopic (exact) mass is 388 g/mol. The number of aromatic nitrogens is 2. The predicted molar refractivity (Wildman–Crippen MR) is 115 cm³/mol. The van der Waals surface area contributed by atoms with Gasteiger partial charge in [0.25, 0.3) is 5.91 Å². The minimum atomic E-state index is -0.320. The van der Waals surface area contributed by atoms with E-state index in [1.54, 1.807) is 30.3 Å². The summed E-state index contributed by atoms with van der Waals surface area (Å²) in [4.78, 5) is 24.1. The Labute approximate surface area is 170 Å². The van der Waals surface area contributed by atoms with Crippen molar-refractivity contribution in [2.75, 3.05) is 10.6 Å². The summed E-state index contributed by atoms with van der Waals surface area (Å²) in [5.41, 5.74) is 3.26. The molecule has 2 aromatic carbocycles. The standard InChI is InChI=1S/C23H24N4O2/c1-15(28)16-8-7-9-17(14-16)24-21-13-12-20(26-27-21)22(29)25-19-11-6-5-10-18(19)23(2,3)4/h5-14H,1-4H3,(H,24,27)(H,25,29). The maximum atomic E-state index is 12.6. The van der Waals surface area contributed by atoms with Gasteiger partial charge in [-0.1, -0.05) is 51.1 Å². The van der Waals surface area contributed by atoms with Gasteiger partial charge in [-0.25, -0.2) is 0 Å². The maximum Gasteiger partial charge on any atom is 0.276 e. The highest BCUT2D eigenvalue weighted by atomic mass is 16.2. The smallest absolute Gasteiger partial charge is 0.276 e. The van der Waals surface area contributed by atoms with E-state index in [1.807, 2.05) is 30.3 Å². The first-order chi connectivity index (χ1) is 13.7. The van der Waals surface area contributed by atoms with Crippen molar-refractivity contribution in [3.63, 3.8) is 0 Å². The molecule has 29 heavy (non-hydrogen) atoms. The molecule has 3 rings (SSSR count). The molecule has 0 saturated heterocycles. The summed E-state index contributed by atoms with van der Waals surface area (Å²) in [5, 5.41) is 14.1. The summed E-state index contributed by atoms with van der Waals surface area (Å²) >= 11 is 0. The summed E-state index contributed by atoms with van der Waals surface area (Å²) in [6.45, 7) is 7.81. The van der Waals surface area contributed by atoms with Gasteiger partial charge in [-0.2, -0.15) is 0 Å². The second-order valence-corrected chi connectivity index (χ2v) is 7.82. The summed E-state index contributed by atoms with van der Waals surface area (Å²) in [6, 6.07) is 18.1. The lowest BCUT2D eigenvalue weighted by atomic mass is 9.86. The molecule has 0 spiro atoms. The molecule has 0 atom stereocenters. The topological polar surface area (TPSA) is 84.0 Å². The number of anilines is 3. The Hall–Kier alpha value is -3.54. The van der Waals surface area contributed by atoms with E-state index in [4.69, 9.17) is 0 Å². The van der Waals surface area contributed by atoms with E-state index in [0.29, 0.717) is 11.4 Å². The van der Waals surface area contributed by atoms with Crippen molar-refractivity contribution in [3.05, 3.63) is 77.5 Å². The largest absolute Gasteiger partial charge is 0.339 e. The Kier molecular flexibility index (Phi) is 5.73.